The number of likely N-dealkylation sites (tertiary alicyclic amines) is 1. The standard InChI is InChI=1S/C14H15F3N2O4/c1-2-22-13(21)12(20)19-6-4-10(8-19)23-11-7-9(3-5-18-11)14(15,16)17/h3,5,7,10H,2,4,6,8H2,1H3. The first-order valence-corrected chi connectivity index (χ1v) is 6.97. The Bertz CT molecular complexity index is 592. The molecule has 1 unspecified atom stereocenters. The van der Waals surface area contributed by atoms with Crippen molar-refractivity contribution in [2.24, 2.45) is 0 Å². The number of rotatable bonds is 3. The molecule has 0 aliphatic carbocycles. The average molecular weight is 332 g/mol. The number of hydrogen-bond donors (Lipinski definition) is 0. The minimum atomic E-state index is -4.48. The highest BCUT2D eigenvalue weighted by Crippen LogP contribution is 2.30. The predicted octanol–water partition coefficient (Wildman–Crippen LogP) is 1.64. The van der Waals surface area contributed by atoms with Gasteiger partial charge in [-0.15, -0.1) is 0 Å². The quantitative estimate of drug-likeness (QED) is 0.622. The SMILES string of the molecule is CCOC(=O)C(=O)N1CCC(Oc2cc(C(F)(F)F)ccn2)C1. The van der Waals surface area contributed by atoms with E-state index in [1.165, 1.54) is 4.90 Å². The molecule has 6 nitrogen and oxygen atoms in total. The fraction of sp³-hybridized carbons (Fsp3) is 0.500. The van der Waals surface area contributed by atoms with Crippen LogP contribution in [0.4, 0.5) is 13.2 Å². The number of aromatic nitrogens is 1. The van der Waals surface area contributed by atoms with Crippen LogP contribution in [0.2, 0.25) is 0 Å². The number of carbonyl (C=O) groups excluding carboxylic acids is 2. The largest absolute Gasteiger partial charge is 0.472 e. The molecule has 23 heavy (non-hydrogen) atoms. The molecule has 2 heterocycles. The van der Waals surface area contributed by atoms with Gasteiger partial charge in [0.15, 0.2) is 0 Å². The van der Waals surface area contributed by atoms with Gasteiger partial charge in [-0.05, 0) is 13.0 Å². The van der Waals surface area contributed by atoms with E-state index in [9.17, 15) is 22.8 Å². The molecule has 1 amide bonds. The molecular formula is C14H15F3N2O4. The fourth-order valence-electron chi connectivity index (χ4n) is 2.15. The molecule has 1 fully saturated rings. The fourth-order valence-corrected chi connectivity index (χ4v) is 2.15. The first kappa shape index (κ1) is 17.0. The van der Waals surface area contributed by atoms with Crippen molar-refractivity contribution < 1.29 is 32.2 Å². The Balaban J connectivity index is 1.96. The van der Waals surface area contributed by atoms with Crippen molar-refractivity contribution in [2.75, 3.05) is 19.7 Å². The zero-order valence-corrected chi connectivity index (χ0v) is 12.3. The molecule has 1 aromatic rings. The second kappa shape index (κ2) is 6.84. The van der Waals surface area contributed by atoms with Crippen LogP contribution in [0.5, 0.6) is 5.88 Å². The van der Waals surface area contributed by atoms with Gasteiger partial charge in [-0.2, -0.15) is 13.2 Å². The number of esters is 1. The summed E-state index contributed by atoms with van der Waals surface area (Å²) in [5.74, 6) is -1.91. The van der Waals surface area contributed by atoms with Crippen LogP contribution in [0.25, 0.3) is 0 Å². The zero-order valence-electron chi connectivity index (χ0n) is 12.3. The smallest absolute Gasteiger partial charge is 0.416 e. The van der Waals surface area contributed by atoms with Crippen LogP contribution >= 0.6 is 0 Å². The van der Waals surface area contributed by atoms with E-state index in [4.69, 9.17) is 4.74 Å². The number of carbonyl (C=O) groups is 2. The second-order valence-electron chi connectivity index (χ2n) is 4.88. The van der Waals surface area contributed by atoms with Crippen LogP contribution in [0, 0.1) is 0 Å². The van der Waals surface area contributed by atoms with E-state index in [0.717, 1.165) is 18.3 Å². The van der Waals surface area contributed by atoms with E-state index < -0.39 is 29.7 Å². The third kappa shape index (κ3) is 4.33. The highest BCUT2D eigenvalue weighted by Gasteiger charge is 2.34. The van der Waals surface area contributed by atoms with Crippen molar-refractivity contribution in [2.45, 2.75) is 25.6 Å². The number of halogens is 3. The number of alkyl halides is 3. The van der Waals surface area contributed by atoms with Crippen LogP contribution < -0.4 is 4.74 Å². The third-order valence-corrected chi connectivity index (χ3v) is 3.23. The van der Waals surface area contributed by atoms with E-state index >= 15 is 0 Å². The number of ether oxygens (including phenoxy) is 2. The Hall–Kier alpha value is -2.32. The van der Waals surface area contributed by atoms with Crippen molar-refractivity contribution in [3.63, 3.8) is 0 Å². The van der Waals surface area contributed by atoms with E-state index in [-0.39, 0.29) is 25.6 Å². The summed E-state index contributed by atoms with van der Waals surface area (Å²) in [6.07, 6.45) is -3.61. The molecular weight excluding hydrogens is 317 g/mol. The van der Waals surface area contributed by atoms with Gasteiger partial charge in [0.25, 0.3) is 0 Å². The predicted molar refractivity (Wildman–Crippen MR) is 71.5 cm³/mol. The number of nitrogens with zero attached hydrogens (tertiary/aromatic N) is 2. The molecule has 0 N–H and O–H groups in total. The lowest BCUT2D eigenvalue weighted by Gasteiger charge is -2.16. The maximum absolute atomic E-state index is 12.6. The highest BCUT2D eigenvalue weighted by atomic mass is 19.4. The van der Waals surface area contributed by atoms with Gasteiger partial charge in [-0.3, -0.25) is 4.79 Å². The van der Waals surface area contributed by atoms with Crippen LogP contribution in [-0.4, -0.2) is 47.6 Å². The Morgan fingerprint density at radius 2 is 2.17 bits per heavy atom. The zero-order chi connectivity index (χ0) is 17.0. The lowest BCUT2D eigenvalue weighted by atomic mass is 10.2. The molecule has 0 saturated carbocycles. The summed E-state index contributed by atoms with van der Waals surface area (Å²) in [5.41, 5.74) is -0.861. The number of hydrogen-bond acceptors (Lipinski definition) is 5. The molecule has 1 saturated heterocycles. The van der Waals surface area contributed by atoms with Crippen LogP contribution in [0.3, 0.4) is 0 Å². The maximum Gasteiger partial charge on any atom is 0.416 e. The van der Waals surface area contributed by atoms with Crippen LogP contribution in [-0.2, 0) is 20.5 Å². The van der Waals surface area contributed by atoms with Gasteiger partial charge in [-0.25, -0.2) is 9.78 Å². The van der Waals surface area contributed by atoms with Crippen molar-refractivity contribution in [1.82, 2.24) is 9.88 Å². The summed E-state index contributed by atoms with van der Waals surface area (Å²) in [6.45, 7) is 2.03. The Labute approximate surface area is 130 Å². The molecule has 2 rings (SSSR count). The maximum atomic E-state index is 12.6. The monoisotopic (exact) mass is 332 g/mol. The molecule has 1 aliphatic rings. The van der Waals surface area contributed by atoms with Crippen molar-refractivity contribution >= 4 is 11.9 Å². The summed E-state index contributed by atoms with van der Waals surface area (Å²) in [4.78, 5) is 28.1. The summed E-state index contributed by atoms with van der Waals surface area (Å²) < 4.78 is 47.9. The van der Waals surface area contributed by atoms with E-state index in [2.05, 4.69) is 9.72 Å². The summed E-state index contributed by atoms with van der Waals surface area (Å²) in [5, 5.41) is 0. The van der Waals surface area contributed by atoms with E-state index in [1.807, 2.05) is 0 Å². The van der Waals surface area contributed by atoms with Crippen LogP contribution in [0.1, 0.15) is 18.9 Å². The van der Waals surface area contributed by atoms with Crippen LogP contribution in [0.15, 0.2) is 18.3 Å². The molecule has 0 spiro atoms. The summed E-state index contributed by atoms with van der Waals surface area (Å²) in [6, 6.07) is 1.65. The second-order valence-corrected chi connectivity index (χ2v) is 4.88. The van der Waals surface area contributed by atoms with Gasteiger partial charge in [0.1, 0.15) is 6.10 Å². The Morgan fingerprint density at radius 3 is 2.83 bits per heavy atom. The Kier molecular flexibility index (Phi) is 5.07. The van der Waals surface area contributed by atoms with Crippen molar-refractivity contribution in [3.8, 4) is 5.88 Å². The lowest BCUT2D eigenvalue weighted by molar-refractivity contribution is -0.159. The van der Waals surface area contributed by atoms with E-state index in [0.29, 0.717) is 6.42 Å². The van der Waals surface area contributed by atoms with Gasteiger partial charge in [0.2, 0.25) is 5.88 Å². The summed E-state index contributed by atoms with van der Waals surface area (Å²) in [7, 11) is 0. The molecule has 0 aromatic carbocycles. The molecule has 126 valence electrons. The molecule has 1 aliphatic heterocycles. The molecule has 9 heteroatoms. The van der Waals surface area contributed by atoms with Gasteiger partial charge in [0.05, 0.1) is 18.7 Å². The lowest BCUT2D eigenvalue weighted by Crippen LogP contribution is -2.37. The molecule has 1 aromatic heterocycles. The first-order chi connectivity index (χ1) is 10.8. The van der Waals surface area contributed by atoms with Crippen molar-refractivity contribution in [3.05, 3.63) is 23.9 Å². The highest BCUT2D eigenvalue weighted by molar-refractivity contribution is 6.32. The minimum absolute atomic E-state index is 0.0898. The van der Waals surface area contributed by atoms with Gasteiger partial charge in [0, 0.05) is 25.2 Å². The number of pyridine rings is 1. The van der Waals surface area contributed by atoms with Gasteiger partial charge >= 0.3 is 18.1 Å². The topological polar surface area (TPSA) is 68.7 Å². The third-order valence-electron chi connectivity index (χ3n) is 3.23. The van der Waals surface area contributed by atoms with Gasteiger partial charge < -0.3 is 14.4 Å². The molecule has 0 bridgehead atoms. The van der Waals surface area contributed by atoms with Crippen molar-refractivity contribution in [1.29, 1.82) is 0 Å². The molecule has 0 radical (unpaired) electrons. The summed E-state index contributed by atoms with van der Waals surface area (Å²) >= 11 is 0. The van der Waals surface area contributed by atoms with E-state index in [1.54, 1.807) is 6.92 Å². The minimum Gasteiger partial charge on any atom is -0.472 e. The normalized spacial score (nSPS) is 17.9. The molecule has 1 atom stereocenters. The number of amides is 1. The first-order valence-electron chi connectivity index (χ1n) is 6.97. The van der Waals surface area contributed by atoms with Gasteiger partial charge in [-0.1, -0.05) is 0 Å². The average Bonchev–Trinajstić information content (AvgIpc) is 2.94. The Morgan fingerprint density at radius 1 is 1.43 bits per heavy atom.